The number of aliphatic hydroxyl groups is 1. The summed E-state index contributed by atoms with van der Waals surface area (Å²) in [6.07, 6.45) is 57.1. The van der Waals surface area contributed by atoms with Gasteiger partial charge in [-0.05, 0) is 128 Å². The maximum atomic E-state index is 13.0. The van der Waals surface area contributed by atoms with Gasteiger partial charge in [-0.2, -0.15) is 0 Å². The average molecular weight is 1340 g/mol. The molecule has 0 amide bonds. The van der Waals surface area contributed by atoms with Crippen LogP contribution in [0, 0.1) is 5.92 Å². The van der Waals surface area contributed by atoms with E-state index in [0.717, 1.165) is 148 Å². The zero-order valence-corrected chi connectivity index (χ0v) is 63.2. The van der Waals surface area contributed by atoms with Crippen molar-refractivity contribution in [2.45, 2.75) is 278 Å². The molecule has 0 aromatic rings. The predicted molar refractivity (Wildman–Crippen MR) is 353 cm³/mol. The molecule has 0 spiro atoms. The van der Waals surface area contributed by atoms with Gasteiger partial charge in [-0.25, -0.2) is 0 Å². The van der Waals surface area contributed by atoms with Crippen LogP contribution in [-0.4, -0.2) is 86.9 Å². The summed E-state index contributed by atoms with van der Waals surface area (Å²) in [5, 5.41) is 10.5. The van der Waals surface area contributed by atoms with Crippen LogP contribution in [0.1, 0.15) is 259 Å². The van der Waals surface area contributed by atoms with Crippen LogP contribution in [0.25, 0.3) is 0 Å². The minimum Gasteiger partial charge on any atom is -0.777 e. The first-order valence-electron chi connectivity index (χ1n) is 33.8. The molecule has 6 unspecified atom stereocenters. The van der Waals surface area contributed by atoms with Crippen LogP contribution in [-0.2, 0) is 65.6 Å². The monoisotopic (exact) mass is 1340 g/mol. The van der Waals surface area contributed by atoms with Gasteiger partial charge in [0.05, 0.1) is 19.8 Å². The quantitative estimate of drug-likeness (QED) is 0.0113. The number of phosphoric acid groups is 1. The Morgan fingerprint density at radius 3 is 1.25 bits per heavy atom. The molecule has 0 aromatic heterocycles. The van der Waals surface area contributed by atoms with Crippen molar-refractivity contribution in [3.63, 3.8) is 0 Å². The molecule has 0 aliphatic carbocycles. The molecule has 6 atom stereocenters. The van der Waals surface area contributed by atoms with E-state index in [-0.39, 0.29) is 84.8 Å². The fraction of sp³-hybridized carbons (Fsp3) is 0.714. The van der Waals surface area contributed by atoms with E-state index in [1.807, 2.05) is 13.0 Å². The molecule has 21 heteroatoms. The van der Waals surface area contributed by atoms with Gasteiger partial charge >= 0.3 is 83.0 Å². The first-order valence-corrected chi connectivity index (χ1v) is 37.0. The SMILES string of the molecule is C/C=C\C/C=C\CCCCCCC(=O)OC(COC(=O)CCCCCC/C=C\C/C=C\CCCC)COP(=O)([O-])OCC(O)COP(=O)([O-])COC(COC(=O)CCCCCC/C=C\C/C=C\C(C)CC)OC(=O)CCCCCC/C=C\C/C=C\CCCC.[Na+].[Na+]. The fourth-order valence-electron chi connectivity index (χ4n) is 8.39. The van der Waals surface area contributed by atoms with Crippen LogP contribution in [0.5, 0.6) is 0 Å². The summed E-state index contributed by atoms with van der Waals surface area (Å²) in [4.78, 5) is 77.0. The van der Waals surface area contributed by atoms with Crippen molar-refractivity contribution in [3.8, 4) is 0 Å². The van der Waals surface area contributed by atoms with Crippen molar-refractivity contribution >= 4 is 39.3 Å². The second kappa shape index (κ2) is 67.9. The Labute approximate surface area is 594 Å². The van der Waals surface area contributed by atoms with Crippen LogP contribution >= 0.6 is 15.4 Å². The largest absolute Gasteiger partial charge is 1.00 e. The number of carbonyl (C=O) groups is 4. The van der Waals surface area contributed by atoms with E-state index in [0.29, 0.717) is 31.6 Å². The van der Waals surface area contributed by atoms with Crippen LogP contribution in [0.3, 0.4) is 0 Å². The molecular weight excluding hydrogens is 1220 g/mol. The second-order valence-corrected chi connectivity index (χ2v) is 25.7. The summed E-state index contributed by atoms with van der Waals surface area (Å²) in [6, 6.07) is 0. The van der Waals surface area contributed by atoms with Crippen molar-refractivity contribution in [1.82, 2.24) is 0 Å². The number of allylic oxidation sites excluding steroid dienone is 16. The first kappa shape index (κ1) is 93.2. The molecule has 0 heterocycles. The van der Waals surface area contributed by atoms with Crippen LogP contribution in [0.2, 0.25) is 0 Å². The topological polar surface area (TPSA) is 243 Å². The van der Waals surface area contributed by atoms with Crippen molar-refractivity contribution < 1.29 is 140 Å². The van der Waals surface area contributed by atoms with Gasteiger partial charge in [0.15, 0.2) is 20.3 Å². The maximum Gasteiger partial charge on any atom is 1.00 e. The molecule has 0 saturated heterocycles. The van der Waals surface area contributed by atoms with Gasteiger partial charge in [0.25, 0.3) is 7.82 Å². The van der Waals surface area contributed by atoms with E-state index in [4.69, 9.17) is 37.3 Å². The van der Waals surface area contributed by atoms with Gasteiger partial charge in [-0.15, -0.1) is 0 Å². The van der Waals surface area contributed by atoms with Gasteiger partial charge in [0, 0.05) is 25.7 Å². The third-order valence-electron chi connectivity index (χ3n) is 14.0. The molecule has 0 fully saturated rings. The Hall–Kier alpha value is -2.02. The first-order chi connectivity index (χ1) is 43.1. The average Bonchev–Trinajstić information content (AvgIpc) is 3.68. The molecule has 91 heavy (non-hydrogen) atoms. The van der Waals surface area contributed by atoms with Crippen molar-refractivity contribution in [2.24, 2.45) is 5.92 Å². The Bertz CT molecular complexity index is 2110. The van der Waals surface area contributed by atoms with Crippen molar-refractivity contribution in [3.05, 3.63) is 97.2 Å². The number of unbranched alkanes of at least 4 members (excludes halogenated alkanes) is 20. The number of hydrogen-bond donors (Lipinski definition) is 1. The minimum atomic E-state index is -5.23. The van der Waals surface area contributed by atoms with E-state index in [1.54, 1.807) is 0 Å². The molecule has 0 rings (SSSR count). The summed E-state index contributed by atoms with van der Waals surface area (Å²) < 4.78 is 67.6. The standard InChI is InChI=1S/C70H120O17P2.2Na/c1-6-10-13-16-19-22-25-27-29-34-38-43-48-53-66(72)80-59-65(86-68(74)55-50-45-40-33-24-21-18-15-12-8-3)60-85-89(78,79)84-58-64(71)57-83-88(76,77)62-82-70(87-69(75)56-51-46-41-35-30-28-26-23-20-17-14-11-7-2)61-81-67(73)54-49-44-39-36-31-32-37-42-47-52-63(5)9-4;;/h8,12,16-21,25-28,32,37,47,52,63-65,70-71H,6-7,9-11,13-15,22-24,29-31,33-36,38-46,48-51,53-62H2,1-5H3,(H,76,77)(H,78,79);;/q;2*+1/p-2/b12-8-,19-16-,20-17-,21-18-,27-25-,28-26-,37-32-,52-47-;;. The zero-order chi connectivity index (χ0) is 65.6. The Morgan fingerprint density at radius 2 is 0.813 bits per heavy atom. The number of carbonyl (C=O) groups excluding carboxylic acids is 4. The summed E-state index contributed by atoms with van der Waals surface area (Å²) in [6.45, 7) is 6.90. The van der Waals surface area contributed by atoms with E-state index < -0.39 is 97.2 Å². The van der Waals surface area contributed by atoms with Crippen molar-refractivity contribution in [2.75, 3.05) is 39.4 Å². The minimum absolute atomic E-state index is 0. The molecule has 0 bridgehead atoms. The summed E-state index contributed by atoms with van der Waals surface area (Å²) >= 11 is 0. The third-order valence-corrected chi connectivity index (χ3v) is 15.9. The Morgan fingerprint density at radius 1 is 0.440 bits per heavy atom. The van der Waals surface area contributed by atoms with Gasteiger partial charge < -0.3 is 56.7 Å². The molecule has 0 saturated carbocycles. The number of rotatable bonds is 62. The molecule has 0 aliphatic heterocycles. The summed E-state index contributed by atoms with van der Waals surface area (Å²) in [5.41, 5.74) is 0. The fourth-order valence-corrected chi connectivity index (χ4v) is 9.99. The maximum absolute atomic E-state index is 13.0. The van der Waals surface area contributed by atoms with Gasteiger partial charge in [-0.3, -0.25) is 23.7 Å². The van der Waals surface area contributed by atoms with Gasteiger partial charge in [-0.1, -0.05) is 208 Å². The molecular formula is C70H118Na2O17P2. The smallest absolute Gasteiger partial charge is 0.777 e. The summed E-state index contributed by atoms with van der Waals surface area (Å²) in [7, 11) is -10.2. The molecule has 0 radical (unpaired) electrons. The molecule has 0 aliphatic rings. The van der Waals surface area contributed by atoms with Crippen LogP contribution in [0.4, 0.5) is 0 Å². The Balaban J connectivity index is -0.0000387. The van der Waals surface area contributed by atoms with E-state index in [9.17, 15) is 43.2 Å². The Kier molecular flexibility index (Phi) is 69.6. The number of ether oxygens (including phenoxy) is 5. The molecule has 0 aromatic carbocycles. The summed E-state index contributed by atoms with van der Waals surface area (Å²) in [5.74, 6) is -1.86. The van der Waals surface area contributed by atoms with Crippen LogP contribution in [0.15, 0.2) is 97.2 Å². The zero-order valence-electron chi connectivity index (χ0n) is 57.4. The van der Waals surface area contributed by atoms with Crippen LogP contribution < -0.4 is 68.9 Å². The second-order valence-electron chi connectivity index (χ2n) is 22.5. The van der Waals surface area contributed by atoms with E-state index in [1.165, 1.54) is 25.7 Å². The number of aliphatic hydroxyl groups excluding tert-OH is 1. The number of phosphoric ester groups is 1. The van der Waals surface area contributed by atoms with Gasteiger partial charge in [0.1, 0.15) is 19.1 Å². The number of esters is 4. The van der Waals surface area contributed by atoms with Crippen molar-refractivity contribution in [1.29, 1.82) is 0 Å². The predicted octanol–water partition coefficient (Wildman–Crippen LogP) is 11.1. The molecule has 17 nitrogen and oxygen atoms in total. The molecule has 1 N–H and O–H groups in total. The number of hydrogen-bond acceptors (Lipinski definition) is 17. The van der Waals surface area contributed by atoms with E-state index >= 15 is 0 Å². The normalized spacial score (nSPS) is 14.8. The molecule has 512 valence electrons. The third kappa shape index (κ3) is 67.7. The van der Waals surface area contributed by atoms with Gasteiger partial charge in [0.2, 0.25) is 6.29 Å². The van der Waals surface area contributed by atoms with E-state index in [2.05, 4.69) is 119 Å².